The molecule has 0 aromatic heterocycles. The molecule has 0 fully saturated rings. The zero-order chi connectivity index (χ0) is 10.4. The van der Waals surface area contributed by atoms with E-state index >= 15 is 0 Å². The fourth-order valence-electron chi connectivity index (χ4n) is 2.21. The van der Waals surface area contributed by atoms with Crippen molar-refractivity contribution < 1.29 is 0 Å². The Labute approximate surface area is 89.0 Å². The monoisotopic (exact) mass is 195 g/mol. The first kappa shape index (κ1) is 11.8. The Balaban J connectivity index is 2.20. The van der Waals surface area contributed by atoms with E-state index in [9.17, 15) is 0 Å². The molecule has 0 heterocycles. The summed E-state index contributed by atoms with van der Waals surface area (Å²) in [6, 6.07) is 0.709. The van der Waals surface area contributed by atoms with Crippen LogP contribution >= 0.6 is 0 Å². The fraction of sp³-hybridized carbons (Fsp3) is 0.846. The third kappa shape index (κ3) is 3.83. The Morgan fingerprint density at radius 3 is 2.64 bits per heavy atom. The van der Waals surface area contributed by atoms with Gasteiger partial charge in [-0.05, 0) is 44.1 Å². The Hall–Kier alpha value is -0.300. The standard InChI is InChI=1S/C13H25N/c1-4-13(11(2)3)14-10-12-8-6-5-7-9-12/h5-6,11-14H,4,7-10H2,1-3H3. The minimum Gasteiger partial charge on any atom is -0.313 e. The van der Waals surface area contributed by atoms with Crippen LogP contribution < -0.4 is 5.32 Å². The third-order valence-corrected chi connectivity index (χ3v) is 3.29. The lowest BCUT2D eigenvalue weighted by atomic mass is 9.93. The molecule has 1 aliphatic carbocycles. The first-order valence-corrected chi connectivity index (χ1v) is 6.12. The molecule has 82 valence electrons. The molecule has 0 saturated heterocycles. The van der Waals surface area contributed by atoms with E-state index in [4.69, 9.17) is 0 Å². The van der Waals surface area contributed by atoms with Crippen LogP contribution in [0.2, 0.25) is 0 Å². The minimum atomic E-state index is 0.709. The normalized spacial score (nSPS) is 24.1. The van der Waals surface area contributed by atoms with Gasteiger partial charge in [0.25, 0.3) is 0 Å². The number of nitrogens with one attached hydrogen (secondary N) is 1. The summed E-state index contributed by atoms with van der Waals surface area (Å²) in [5.74, 6) is 1.65. The van der Waals surface area contributed by atoms with Gasteiger partial charge in [-0.3, -0.25) is 0 Å². The molecule has 0 amide bonds. The van der Waals surface area contributed by atoms with Crippen molar-refractivity contribution in [3.8, 4) is 0 Å². The molecule has 14 heavy (non-hydrogen) atoms. The van der Waals surface area contributed by atoms with Crippen molar-refractivity contribution in [2.24, 2.45) is 11.8 Å². The van der Waals surface area contributed by atoms with Gasteiger partial charge in [0.2, 0.25) is 0 Å². The van der Waals surface area contributed by atoms with Crippen molar-refractivity contribution >= 4 is 0 Å². The summed E-state index contributed by atoms with van der Waals surface area (Å²) in [6.07, 6.45) is 9.84. The second-order valence-electron chi connectivity index (χ2n) is 4.82. The van der Waals surface area contributed by atoms with E-state index in [1.54, 1.807) is 0 Å². The molecule has 1 aliphatic rings. The highest BCUT2D eigenvalue weighted by molar-refractivity contribution is 4.90. The van der Waals surface area contributed by atoms with Crippen LogP contribution in [0, 0.1) is 11.8 Å². The van der Waals surface area contributed by atoms with Crippen molar-refractivity contribution in [3.05, 3.63) is 12.2 Å². The molecule has 0 aromatic carbocycles. The summed E-state index contributed by atoms with van der Waals surface area (Å²) in [6.45, 7) is 8.10. The Kier molecular flexibility index (Phi) is 5.24. The van der Waals surface area contributed by atoms with Gasteiger partial charge in [0.1, 0.15) is 0 Å². The molecule has 0 radical (unpaired) electrons. The van der Waals surface area contributed by atoms with Gasteiger partial charge in [0.05, 0.1) is 0 Å². The zero-order valence-electron chi connectivity index (χ0n) is 9.92. The number of hydrogen-bond acceptors (Lipinski definition) is 1. The van der Waals surface area contributed by atoms with Crippen LogP contribution in [0.25, 0.3) is 0 Å². The molecule has 2 atom stereocenters. The molecular weight excluding hydrogens is 170 g/mol. The van der Waals surface area contributed by atoms with Crippen LogP contribution in [0.3, 0.4) is 0 Å². The highest BCUT2D eigenvalue weighted by Crippen LogP contribution is 2.17. The van der Waals surface area contributed by atoms with Crippen molar-refractivity contribution in [2.45, 2.75) is 52.5 Å². The predicted molar refractivity (Wildman–Crippen MR) is 63.4 cm³/mol. The molecule has 1 heteroatoms. The van der Waals surface area contributed by atoms with Crippen LogP contribution in [0.5, 0.6) is 0 Å². The van der Waals surface area contributed by atoms with Crippen LogP contribution in [0.1, 0.15) is 46.5 Å². The molecule has 1 rings (SSSR count). The summed E-state index contributed by atoms with van der Waals surface area (Å²) in [4.78, 5) is 0. The lowest BCUT2D eigenvalue weighted by Crippen LogP contribution is -2.36. The van der Waals surface area contributed by atoms with E-state index in [0.29, 0.717) is 6.04 Å². The maximum absolute atomic E-state index is 3.70. The average Bonchev–Trinajstić information content (AvgIpc) is 2.20. The van der Waals surface area contributed by atoms with Gasteiger partial charge in [-0.25, -0.2) is 0 Å². The van der Waals surface area contributed by atoms with E-state index in [2.05, 4.69) is 38.2 Å². The van der Waals surface area contributed by atoms with Gasteiger partial charge in [-0.1, -0.05) is 32.9 Å². The topological polar surface area (TPSA) is 12.0 Å². The first-order chi connectivity index (χ1) is 6.74. The lowest BCUT2D eigenvalue weighted by Gasteiger charge is -2.25. The smallest absolute Gasteiger partial charge is 0.00875 e. The number of hydrogen-bond donors (Lipinski definition) is 1. The summed E-state index contributed by atoms with van der Waals surface area (Å²) in [7, 11) is 0. The van der Waals surface area contributed by atoms with E-state index in [1.807, 2.05) is 0 Å². The lowest BCUT2D eigenvalue weighted by molar-refractivity contribution is 0.343. The van der Waals surface area contributed by atoms with Crippen molar-refractivity contribution in [2.75, 3.05) is 6.54 Å². The van der Waals surface area contributed by atoms with E-state index < -0.39 is 0 Å². The minimum absolute atomic E-state index is 0.709. The fourth-order valence-corrected chi connectivity index (χ4v) is 2.21. The van der Waals surface area contributed by atoms with Gasteiger partial charge in [0.15, 0.2) is 0 Å². The molecular formula is C13H25N. The number of allylic oxidation sites excluding steroid dienone is 2. The quantitative estimate of drug-likeness (QED) is 0.663. The summed E-state index contributed by atoms with van der Waals surface area (Å²) >= 11 is 0. The van der Waals surface area contributed by atoms with Crippen LogP contribution in [-0.2, 0) is 0 Å². The molecule has 1 N–H and O–H groups in total. The maximum atomic E-state index is 3.70. The maximum Gasteiger partial charge on any atom is 0.00875 e. The SMILES string of the molecule is CCC(NCC1CC=CCC1)C(C)C. The summed E-state index contributed by atoms with van der Waals surface area (Å²) in [5, 5.41) is 3.70. The van der Waals surface area contributed by atoms with Gasteiger partial charge in [-0.2, -0.15) is 0 Å². The van der Waals surface area contributed by atoms with E-state index in [-0.39, 0.29) is 0 Å². The Morgan fingerprint density at radius 1 is 1.36 bits per heavy atom. The van der Waals surface area contributed by atoms with Crippen LogP contribution in [0.4, 0.5) is 0 Å². The molecule has 2 unspecified atom stereocenters. The number of rotatable bonds is 5. The third-order valence-electron chi connectivity index (χ3n) is 3.29. The molecule has 0 spiro atoms. The highest BCUT2D eigenvalue weighted by Gasteiger charge is 2.14. The van der Waals surface area contributed by atoms with Crippen LogP contribution in [0.15, 0.2) is 12.2 Å². The second kappa shape index (κ2) is 6.23. The molecule has 0 aromatic rings. The van der Waals surface area contributed by atoms with E-state index in [0.717, 1.165) is 11.8 Å². The molecule has 1 nitrogen and oxygen atoms in total. The first-order valence-electron chi connectivity index (χ1n) is 6.12. The zero-order valence-corrected chi connectivity index (χ0v) is 9.92. The average molecular weight is 195 g/mol. The van der Waals surface area contributed by atoms with Crippen molar-refractivity contribution in [1.29, 1.82) is 0 Å². The molecule has 0 saturated carbocycles. The molecule has 0 bridgehead atoms. The Bertz CT molecular complexity index is 172. The van der Waals surface area contributed by atoms with Gasteiger partial charge in [-0.15, -0.1) is 0 Å². The van der Waals surface area contributed by atoms with Crippen LogP contribution in [-0.4, -0.2) is 12.6 Å². The van der Waals surface area contributed by atoms with Gasteiger partial charge in [0, 0.05) is 6.04 Å². The Morgan fingerprint density at radius 2 is 2.14 bits per heavy atom. The highest BCUT2D eigenvalue weighted by atomic mass is 14.9. The summed E-state index contributed by atoms with van der Waals surface area (Å²) in [5.41, 5.74) is 0. The van der Waals surface area contributed by atoms with Crippen molar-refractivity contribution in [3.63, 3.8) is 0 Å². The largest absolute Gasteiger partial charge is 0.313 e. The van der Waals surface area contributed by atoms with Gasteiger partial charge >= 0.3 is 0 Å². The van der Waals surface area contributed by atoms with E-state index in [1.165, 1.54) is 32.2 Å². The van der Waals surface area contributed by atoms with Crippen molar-refractivity contribution in [1.82, 2.24) is 5.32 Å². The summed E-state index contributed by atoms with van der Waals surface area (Å²) < 4.78 is 0. The molecule has 0 aliphatic heterocycles. The second-order valence-corrected chi connectivity index (χ2v) is 4.82. The predicted octanol–water partition coefficient (Wildman–Crippen LogP) is 3.37. The van der Waals surface area contributed by atoms with Gasteiger partial charge < -0.3 is 5.32 Å².